The van der Waals surface area contributed by atoms with Crippen LogP contribution < -0.4 is 0 Å². The molecule has 74 valence electrons. The molecule has 0 saturated heterocycles. The van der Waals surface area contributed by atoms with Gasteiger partial charge in [0.2, 0.25) is 0 Å². The second-order valence-corrected chi connectivity index (χ2v) is 4.77. The number of aromatic nitrogens is 4. The van der Waals surface area contributed by atoms with Crippen LogP contribution in [0.4, 0.5) is 0 Å². The number of alkyl halides is 1. The number of hydrogen-bond acceptors (Lipinski definition) is 4. The van der Waals surface area contributed by atoms with E-state index in [-0.39, 0.29) is 0 Å². The standard InChI is InChI=1S/C8H9BrN4S/c1-6-10-3-8(14-6)5-13-4-7(2-9)11-12-13/h3-4H,2,5H2,1H3. The van der Waals surface area contributed by atoms with Crippen molar-refractivity contribution in [2.75, 3.05) is 0 Å². The van der Waals surface area contributed by atoms with Crippen molar-refractivity contribution in [3.63, 3.8) is 0 Å². The van der Waals surface area contributed by atoms with Gasteiger partial charge in [-0.2, -0.15) is 0 Å². The molecule has 0 aliphatic carbocycles. The first-order valence-corrected chi connectivity index (χ1v) is 6.08. The Labute approximate surface area is 94.1 Å². The van der Waals surface area contributed by atoms with Crippen molar-refractivity contribution < 1.29 is 0 Å². The normalized spacial score (nSPS) is 10.7. The maximum Gasteiger partial charge on any atom is 0.0932 e. The van der Waals surface area contributed by atoms with E-state index in [1.54, 1.807) is 11.3 Å². The van der Waals surface area contributed by atoms with Crippen LogP contribution in [0.3, 0.4) is 0 Å². The molecule has 4 nitrogen and oxygen atoms in total. The molecule has 2 aromatic heterocycles. The highest BCUT2D eigenvalue weighted by atomic mass is 79.9. The van der Waals surface area contributed by atoms with Gasteiger partial charge in [-0.15, -0.1) is 16.4 Å². The van der Waals surface area contributed by atoms with Gasteiger partial charge >= 0.3 is 0 Å². The molecule has 0 amide bonds. The fourth-order valence-corrected chi connectivity index (χ4v) is 2.16. The van der Waals surface area contributed by atoms with Crippen LogP contribution >= 0.6 is 27.3 Å². The van der Waals surface area contributed by atoms with Crippen molar-refractivity contribution in [2.45, 2.75) is 18.8 Å². The van der Waals surface area contributed by atoms with Crippen molar-refractivity contribution in [1.82, 2.24) is 20.0 Å². The van der Waals surface area contributed by atoms with Crippen molar-refractivity contribution in [2.24, 2.45) is 0 Å². The van der Waals surface area contributed by atoms with E-state index in [0.29, 0.717) is 0 Å². The lowest BCUT2D eigenvalue weighted by Crippen LogP contribution is -1.98. The fourth-order valence-electron chi connectivity index (χ4n) is 1.12. The predicted molar refractivity (Wildman–Crippen MR) is 58.6 cm³/mol. The first kappa shape index (κ1) is 9.79. The van der Waals surface area contributed by atoms with Gasteiger partial charge in [-0.1, -0.05) is 21.1 Å². The van der Waals surface area contributed by atoms with Crippen LogP contribution in [-0.4, -0.2) is 20.0 Å². The maximum absolute atomic E-state index is 4.19. The molecule has 6 heteroatoms. The SMILES string of the molecule is Cc1ncc(Cn2cc(CBr)nn2)s1. The minimum atomic E-state index is 0.745. The number of thiazole rings is 1. The average molecular weight is 273 g/mol. The summed E-state index contributed by atoms with van der Waals surface area (Å²) in [6, 6.07) is 0. The average Bonchev–Trinajstić information content (AvgIpc) is 2.76. The topological polar surface area (TPSA) is 43.6 Å². The first-order chi connectivity index (χ1) is 6.78. The molecule has 0 unspecified atom stereocenters. The highest BCUT2D eigenvalue weighted by Gasteiger charge is 2.02. The van der Waals surface area contributed by atoms with Crippen molar-refractivity contribution in [3.8, 4) is 0 Å². The lowest BCUT2D eigenvalue weighted by molar-refractivity contribution is 0.655. The van der Waals surface area contributed by atoms with Gasteiger partial charge in [0.25, 0.3) is 0 Å². The number of halogens is 1. The molecule has 14 heavy (non-hydrogen) atoms. The summed E-state index contributed by atoms with van der Waals surface area (Å²) in [4.78, 5) is 5.39. The second kappa shape index (κ2) is 4.18. The van der Waals surface area contributed by atoms with Gasteiger partial charge in [-0.3, -0.25) is 0 Å². The number of nitrogens with zero attached hydrogens (tertiary/aromatic N) is 4. The van der Waals surface area contributed by atoms with Crippen molar-refractivity contribution in [3.05, 3.63) is 28.0 Å². The molecule has 0 spiro atoms. The predicted octanol–water partition coefficient (Wildman–Crippen LogP) is 1.99. The molecule has 0 N–H and O–H groups in total. The summed E-state index contributed by atoms with van der Waals surface area (Å²) in [6.07, 6.45) is 3.82. The van der Waals surface area contributed by atoms with Gasteiger partial charge < -0.3 is 0 Å². The molecule has 2 rings (SSSR count). The van der Waals surface area contributed by atoms with Crippen molar-refractivity contribution >= 4 is 27.3 Å². The first-order valence-electron chi connectivity index (χ1n) is 4.14. The molecule has 0 aliphatic rings. The summed E-state index contributed by atoms with van der Waals surface area (Å²) in [5.41, 5.74) is 0.950. The largest absolute Gasteiger partial charge is 0.250 e. The zero-order valence-electron chi connectivity index (χ0n) is 7.64. The smallest absolute Gasteiger partial charge is 0.0932 e. The van der Waals surface area contributed by atoms with Crippen molar-refractivity contribution in [1.29, 1.82) is 0 Å². The van der Waals surface area contributed by atoms with Gasteiger partial charge in [0.1, 0.15) is 0 Å². The van der Waals surface area contributed by atoms with E-state index < -0.39 is 0 Å². The summed E-state index contributed by atoms with van der Waals surface area (Å²) in [7, 11) is 0. The number of hydrogen-bond donors (Lipinski definition) is 0. The summed E-state index contributed by atoms with van der Waals surface area (Å²) in [5, 5.41) is 9.82. The van der Waals surface area contributed by atoms with Crippen LogP contribution in [0.25, 0.3) is 0 Å². The Balaban J connectivity index is 2.10. The third-order valence-electron chi connectivity index (χ3n) is 1.71. The molecule has 0 aromatic carbocycles. The molecular weight excluding hydrogens is 264 g/mol. The Hall–Kier alpha value is -0.750. The highest BCUT2D eigenvalue weighted by Crippen LogP contribution is 2.12. The summed E-state index contributed by atoms with van der Waals surface area (Å²) >= 11 is 5.02. The second-order valence-electron chi connectivity index (χ2n) is 2.89. The summed E-state index contributed by atoms with van der Waals surface area (Å²) in [5.74, 6) is 0. The summed E-state index contributed by atoms with van der Waals surface area (Å²) < 4.78 is 1.82. The quantitative estimate of drug-likeness (QED) is 0.803. The third kappa shape index (κ3) is 2.19. The van der Waals surface area contributed by atoms with Gasteiger partial charge in [-0.05, 0) is 6.92 Å². The number of rotatable bonds is 3. The van der Waals surface area contributed by atoms with Crippen LogP contribution in [-0.2, 0) is 11.9 Å². The zero-order valence-corrected chi connectivity index (χ0v) is 10.0. The zero-order chi connectivity index (χ0) is 9.97. The van der Waals surface area contributed by atoms with E-state index in [0.717, 1.165) is 22.6 Å². The monoisotopic (exact) mass is 272 g/mol. The minimum Gasteiger partial charge on any atom is -0.250 e. The van der Waals surface area contributed by atoms with Crippen LogP contribution in [0.15, 0.2) is 12.4 Å². The summed E-state index contributed by atoms with van der Waals surface area (Å²) in [6.45, 7) is 2.75. The maximum atomic E-state index is 4.19. The van der Waals surface area contributed by atoms with Gasteiger partial charge in [0.15, 0.2) is 0 Å². The Morgan fingerprint density at radius 1 is 1.57 bits per heavy atom. The Kier molecular flexibility index (Phi) is 2.93. The molecule has 2 aromatic rings. The third-order valence-corrected chi connectivity index (χ3v) is 3.18. The molecule has 0 fully saturated rings. The molecular formula is C8H9BrN4S. The van der Waals surface area contributed by atoms with Gasteiger partial charge in [0, 0.05) is 22.6 Å². The molecule has 0 radical (unpaired) electrons. The van der Waals surface area contributed by atoms with Gasteiger partial charge in [0.05, 0.1) is 17.2 Å². The van der Waals surface area contributed by atoms with Crippen LogP contribution in [0.1, 0.15) is 15.6 Å². The van der Waals surface area contributed by atoms with Crippen LogP contribution in [0.5, 0.6) is 0 Å². The Morgan fingerprint density at radius 3 is 3.00 bits per heavy atom. The van der Waals surface area contributed by atoms with Gasteiger partial charge in [-0.25, -0.2) is 9.67 Å². The van der Waals surface area contributed by atoms with Crippen LogP contribution in [0.2, 0.25) is 0 Å². The van der Waals surface area contributed by atoms with E-state index in [2.05, 4.69) is 31.2 Å². The molecule has 0 saturated carbocycles. The number of aryl methyl sites for hydroxylation is 1. The Bertz CT molecular complexity index is 422. The van der Waals surface area contributed by atoms with E-state index >= 15 is 0 Å². The van der Waals surface area contributed by atoms with Crippen LogP contribution in [0, 0.1) is 6.92 Å². The highest BCUT2D eigenvalue weighted by molar-refractivity contribution is 9.08. The van der Waals surface area contributed by atoms with E-state index in [9.17, 15) is 0 Å². The lowest BCUT2D eigenvalue weighted by atomic mass is 10.5. The molecule has 0 bridgehead atoms. The molecule has 2 heterocycles. The molecule has 0 atom stereocenters. The lowest BCUT2D eigenvalue weighted by Gasteiger charge is -1.93. The fraction of sp³-hybridized carbons (Fsp3) is 0.375. The van der Waals surface area contributed by atoms with E-state index in [4.69, 9.17) is 0 Å². The van der Waals surface area contributed by atoms with E-state index in [1.807, 2.05) is 24.0 Å². The minimum absolute atomic E-state index is 0.745. The molecule has 0 aliphatic heterocycles. The van der Waals surface area contributed by atoms with E-state index in [1.165, 1.54) is 4.88 Å². The Morgan fingerprint density at radius 2 is 2.43 bits per heavy atom.